The summed E-state index contributed by atoms with van der Waals surface area (Å²) in [4.78, 5) is 0. The third-order valence-electron chi connectivity index (χ3n) is 0.556. The van der Waals surface area contributed by atoms with Gasteiger partial charge in [0.2, 0.25) is 0 Å². The van der Waals surface area contributed by atoms with Gasteiger partial charge >= 0.3 is 18.6 Å². The van der Waals surface area contributed by atoms with Gasteiger partial charge in [-0.3, -0.25) is 0 Å². The van der Waals surface area contributed by atoms with E-state index in [-0.39, 0.29) is 18.6 Å². The molecule has 81 valence electrons. The van der Waals surface area contributed by atoms with E-state index in [2.05, 4.69) is 0 Å². The van der Waals surface area contributed by atoms with E-state index in [4.69, 9.17) is 0 Å². The molecule has 0 aliphatic carbocycles. The molecule has 1 aromatic rings. The van der Waals surface area contributed by atoms with Crippen molar-refractivity contribution in [2.45, 2.75) is 39.9 Å². The van der Waals surface area contributed by atoms with Crippen LogP contribution in [0.15, 0.2) is 30.3 Å². The van der Waals surface area contributed by atoms with Gasteiger partial charge in [0.1, 0.15) is 0 Å². The molecule has 0 atom stereocenters. The van der Waals surface area contributed by atoms with Crippen molar-refractivity contribution in [3.8, 4) is 0 Å². The molecule has 0 aliphatic rings. The SMILES string of the molecule is CC(C)[O-].CC(C)[O-].[V+2].c1cc[cH-]c1. The molecule has 2 nitrogen and oxygen atoms in total. The van der Waals surface area contributed by atoms with Gasteiger partial charge in [-0.1, -0.05) is 27.7 Å². The minimum atomic E-state index is -0.417. The maximum absolute atomic E-state index is 9.53. The van der Waals surface area contributed by atoms with Crippen LogP contribution in [0.4, 0.5) is 0 Å². The summed E-state index contributed by atoms with van der Waals surface area (Å²) in [7, 11) is 0. The molecule has 0 spiro atoms. The van der Waals surface area contributed by atoms with Crippen LogP contribution >= 0.6 is 0 Å². The summed E-state index contributed by atoms with van der Waals surface area (Å²) in [6, 6.07) is 10.0. The molecule has 0 fully saturated rings. The van der Waals surface area contributed by atoms with Gasteiger partial charge in [0.15, 0.2) is 0 Å². The second-order valence-electron chi connectivity index (χ2n) is 3.06. The Kier molecular flexibility index (Phi) is 21.3. The van der Waals surface area contributed by atoms with Crippen molar-refractivity contribution in [1.29, 1.82) is 0 Å². The van der Waals surface area contributed by atoms with Gasteiger partial charge < -0.3 is 10.2 Å². The summed E-state index contributed by atoms with van der Waals surface area (Å²) in [6.07, 6.45) is -0.833. The van der Waals surface area contributed by atoms with Crippen molar-refractivity contribution in [1.82, 2.24) is 0 Å². The van der Waals surface area contributed by atoms with Crippen LogP contribution in [-0.4, -0.2) is 12.2 Å². The van der Waals surface area contributed by atoms with Crippen LogP contribution in [-0.2, 0) is 18.6 Å². The average Bonchev–Trinajstić information content (AvgIpc) is 2.35. The molecule has 0 saturated heterocycles. The first-order chi connectivity index (χ1) is 5.96. The first kappa shape index (κ1) is 19.4. The molecule has 0 amide bonds. The van der Waals surface area contributed by atoms with Crippen molar-refractivity contribution in [3.63, 3.8) is 0 Å². The fourth-order valence-electron chi connectivity index (χ4n) is 0.321. The quantitative estimate of drug-likeness (QED) is 0.626. The van der Waals surface area contributed by atoms with E-state index in [9.17, 15) is 10.2 Å². The van der Waals surface area contributed by atoms with Crippen molar-refractivity contribution in [2.24, 2.45) is 0 Å². The maximum atomic E-state index is 9.53. The predicted octanol–water partition coefficient (Wildman–Crippen LogP) is 0.913. The largest absolute Gasteiger partial charge is 2.00 e. The van der Waals surface area contributed by atoms with Gasteiger partial charge in [0, 0.05) is 0 Å². The zero-order chi connectivity index (χ0) is 10.7. The molecule has 14 heavy (non-hydrogen) atoms. The summed E-state index contributed by atoms with van der Waals surface area (Å²) in [5.41, 5.74) is 0. The van der Waals surface area contributed by atoms with E-state index in [0.29, 0.717) is 0 Å². The third kappa shape index (κ3) is 59.3. The molecule has 0 aliphatic heterocycles. The Morgan fingerprint density at radius 3 is 1.14 bits per heavy atom. The number of hydrogen-bond acceptors (Lipinski definition) is 2. The van der Waals surface area contributed by atoms with Crippen LogP contribution in [0, 0.1) is 0 Å². The Hall–Kier alpha value is -0.146. The minimum Gasteiger partial charge on any atom is -0.852 e. The normalized spacial score (nSPS) is 8.00. The summed E-state index contributed by atoms with van der Waals surface area (Å²) in [6.45, 7) is 6.44. The second kappa shape index (κ2) is 15.3. The van der Waals surface area contributed by atoms with E-state index in [1.807, 2.05) is 30.3 Å². The average molecular weight is 234 g/mol. The standard InChI is InChI=1S/C5H5.2C3H7O.V/c1-2-4-5-3-1;2*1-3(2)4;/h1-5H;2*3H,1-2H3;/q3*-1;+2. The molecule has 1 rings (SSSR count). The first-order valence-electron chi connectivity index (χ1n) is 4.45. The molecule has 0 heterocycles. The Morgan fingerprint density at radius 2 is 1.07 bits per heavy atom. The van der Waals surface area contributed by atoms with Crippen molar-refractivity contribution in [2.75, 3.05) is 0 Å². The van der Waals surface area contributed by atoms with E-state index in [1.54, 1.807) is 27.7 Å². The summed E-state index contributed by atoms with van der Waals surface area (Å²) in [5, 5.41) is 19.1. The Morgan fingerprint density at radius 1 is 0.857 bits per heavy atom. The van der Waals surface area contributed by atoms with E-state index in [1.165, 1.54) is 0 Å². The predicted molar refractivity (Wildman–Crippen MR) is 52.3 cm³/mol. The first-order valence-corrected chi connectivity index (χ1v) is 4.45. The van der Waals surface area contributed by atoms with Crippen LogP contribution < -0.4 is 10.2 Å². The smallest absolute Gasteiger partial charge is 0.852 e. The molecule has 3 heteroatoms. The molecule has 0 unspecified atom stereocenters. The molecule has 0 saturated carbocycles. The monoisotopic (exact) mass is 234 g/mol. The molecule has 1 radical (unpaired) electrons. The van der Waals surface area contributed by atoms with Gasteiger partial charge in [-0.2, -0.15) is 18.2 Å². The summed E-state index contributed by atoms with van der Waals surface area (Å²) < 4.78 is 0. The Bertz CT molecular complexity index is 120. The van der Waals surface area contributed by atoms with E-state index < -0.39 is 12.2 Å². The van der Waals surface area contributed by atoms with Crippen molar-refractivity contribution >= 4 is 0 Å². The molecule has 1 aromatic carbocycles. The van der Waals surface area contributed by atoms with Gasteiger partial charge in [-0.05, 0) is 0 Å². The number of rotatable bonds is 0. The fraction of sp³-hybridized carbons (Fsp3) is 0.545. The van der Waals surface area contributed by atoms with Crippen LogP contribution in [0.25, 0.3) is 0 Å². The second-order valence-corrected chi connectivity index (χ2v) is 3.06. The zero-order valence-corrected chi connectivity index (χ0v) is 10.7. The van der Waals surface area contributed by atoms with Crippen LogP contribution in [0.5, 0.6) is 0 Å². The Labute approximate surface area is 99.2 Å². The summed E-state index contributed by atoms with van der Waals surface area (Å²) >= 11 is 0. The van der Waals surface area contributed by atoms with Gasteiger partial charge in [-0.15, -0.1) is 12.2 Å². The zero-order valence-electron chi connectivity index (χ0n) is 9.31. The van der Waals surface area contributed by atoms with Gasteiger partial charge in [-0.25, -0.2) is 12.1 Å². The Balaban J connectivity index is -0.000000127. The topological polar surface area (TPSA) is 46.1 Å². The van der Waals surface area contributed by atoms with E-state index >= 15 is 0 Å². The van der Waals surface area contributed by atoms with E-state index in [0.717, 1.165) is 0 Å². The molecule has 0 bridgehead atoms. The fourth-order valence-corrected chi connectivity index (χ4v) is 0.321. The molecular formula is C11H19O2V-. The molecular weight excluding hydrogens is 215 g/mol. The van der Waals surface area contributed by atoms with Gasteiger partial charge in [0.05, 0.1) is 0 Å². The van der Waals surface area contributed by atoms with Crippen molar-refractivity contribution < 1.29 is 28.8 Å². The minimum absolute atomic E-state index is 0. The van der Waals surface area contributed by atoms with Crippen molar-refractivity contribution in [3.05, 3.63) is 30.3 Å². The maximum Gasteiger partial charge on any atom is 2.00 e. The summed E-state index contributed by atoms with van der Waals surface area (Å²) in [5.74, 6) is 0. The molecule has 0 N–H and O–H groups in total. The van der Waals surface area contributed by atoms with Gasteiger partial charge in [0.25, 0.3) is 0 Å². The van der Waals surface area contributed by atoms with Crippen LogP contribution in [0.1, 0.15) is 27.7 Å². The molecule has 0 aromatic heterocycles. The third-order valence-corrected chi connectivity index (χ3v) is 0.556. The van der Waals surface area contributed by atoms with Crippen LogP contribution in [0.2, 0.25) is 0 Å². The number of hydrogen-bond donors (Lipinski definition) is 0. The van der Waals surface area contributed by atoms with Crippen LogP contribution in [0.3, 0.4) is 0 Å².